The van der Waals surface area contributed by atoms with Crippen LogP contribution in [-0.4, -0.2) is 53.1 Å². The van der Waals surface area contributed by atoms with Crippen LogP contribution in [0.25, 0.3) is 0 Å². The number of hydrogen-bond acceptors (Lipinski definition) is 6. The number of fused-ring (bicyclic) bond motifs is 2. The van der Waals surface area contributed by atoms with Crippen LogP contribution in [0.15, 0.2) is 36.4 Å². The van der Waals surface area contributed by atoms with Crippen LogP contribution in [0.2, 0.25) is 0 Å². The van der Waals surface area contributed by atoms with Crippen molar-refractivity contribution < 1.29 is 24.4 Å². The van der Waals surface area contributed by atoms with Crippen LogP contribution in [-0.2, 0) is 19.5 Å². The van der Waals surface area contributed by atoms with Gasteiger partial charge in [0, 0.05) is 31.7 Å². The molecule has 0 aliphatic carbocycles. The summed E-state index contributed by atoms with van der Waals surface area (Å²) in [6.07, 6.45) is 0.276. The Balaban J connectivity index is 1.48. The van der Waals surface area contributed by atoms with E-state index in [1.807, 2.05) is 12.1 Å². The second kappa shape index (κ2) is 7.86. The third-order valence-corrected chi connectivity index (χ3v) is 5.37. The van der Waals surface area contributed by atoms with Gasteiger partial charge in [0.1, 0.15) is 5.75 Å². The lowest BCUT2D eigenvalue weighted by atomic mass is 9.72. The molecule has 4 rings (SSSR count). The number of nitrogens with zero attached hydrogens (tertiary/aromatic N) is 1. The van der Waals surface area contributed by atoms with E-state index in [-0.39, 0.29) is 23.6 Å². The molecule has 0 fully saturated rings. The molecule has 9 heteroatoms. The highest BCUT2D eigenvalue weighted by atomic mass is 16.5. The predicted octanol–water partition coefficient (Wildman–Crippen LogP) is 0.412. The Morgan fingerprint density at radius 3 is 2.76 bits per heavy atom. The van der Waals surface area contributed by atoms with E-state index in [0.29, 0.717) is 17.7 Å². The van der Waals surface area contributed by atoms with E-state index < -0.39 is 19.0 Å². The number of benzene rings is 2. The summed E-state index contributed by atoms with van der Waals surface area (Å²) < 4.78 is 5.43. The molecule has 0 saturated carbocycles. The number of carboxylic acid groups (broad SMARTS) is 1. The Hall–Kier alpha value is -2.88. The van der Waals surface area contributed by atoms with Crippen LogP contribution in [0.3, 0.4) is 0 Å². The van der Waals surface area contributed by atoms with Gasteiger partial charge in [-0.05, 0) is 41.3 Å². The zero-order chi connectivity index (χ0) is 20.5. The van der Waals surface area contributed by atoms with Gasteiger partial charge in [-0.2, -0.15) is 0 Å². The molecule has 8 nitrogen and oxygen atoms in total. The first kappa shape index (κ1) is 19.4. The van der Waals surface area contributed by atoms with Crippen molar-refractivity contribution in [2.24, 2.45) is 5.73 Å². The second-order valence-corrected chi connectivity index (χ2v) is 7.37. The molecule has 5 N–H and O–H groups in total. The van der Waals surface area contributed by atoms with Crippen molar-refractivity contribution >= 4 is 19.0 Å². The third-order valence-electron chi connectivity index (χ3n) is 5.37. The van der Waals surface area contributed by atoms with E-state index in [0.717, 1.165) is 25.2 Å². The normalized spacial score (nSPS) is 18.0. The molecule has 1 unspecified atom stereocenters. The largest absolute Gasteiger partial charge is 0.547 e. The molecule has 1 atom stereocenters. The van der Waals surface area contributed by atoms with Crippen LogP contribution in [0, 0.1) is 0 Å². The SMILES string of the molecule is NCCN1Cc2ccc(C(=O)NC3Cc4cccc(C(=O)O)c4OB3O)cc2C1. The Labute approximate surface area is 168 Å². The van der Waals surface area contributed by atoms with Gasteiger partial charge in [-0.1, -0.05) is 18.2 Å². The first-order chi connectivity index (χ1) is 14.0. The number of rotatable bonds is 5. The quantitative estimate of drug-likeness (QED) is 0.541. The zero-order valence-electron chi connectivity index (χ0n) is 15.8. The lowest BCUT2D eigenvalue weighted by Crippen LogP contribution is -2.53. The molecule has 2 heterocycles. The van der Waals surface area contributed by atoms with Crippen molar-refractivity contribution in [2.45, 2.75) is 25.5 Å². The second-order valence-electron chi connectivity index (χ2n) is 7.37. The number of amides is 1. The van der Waals surface area contributed by atoms with Crippen LogP contribution in [0.4, 0.5) is 0 Å². The van der Waals surface area contributed by atoms with Gasteiger partial charge in [0.2, 0.25) is 0 Å². The first-order valence-corrected chi connectivity index (χ1v) is 9.51. The topological polar surface area (TPSA) is 125 Å². The number of carbonyl (C=O) groups excluding carboxylic acids is 1. The van der Waals surface area contributed by atoms with Gasteiger partial charge in [0.25, 0.3) is 5.91 Å². The lowest BCUT2D eigenvalue weighted by Gasteiger charge is -2.28. The van der Waals surface area contributed by atoms with Gasteiger partial charge in [0.15, 0.2) is 0 Å². The van der Waals surface area contributed by atoms with Gasteiger partial charge >= 0.3 is 13.1 Å². The van der Waals surface area contributed by atoms with Crippen molar-refractivity contribution in [2.75, 3.05) is 13.1 Å². The summed E-state index contributed by atoms with van der Waals surface area (Å²) in [5.74, 6) is -1.97. The molecule has 2 aliphatic heterocycles. The highest BCUT2D eigenvalue weighted by Gasteiger charge is 2.38. The summed E-state index contributed by atoms with van der Waals surface area (Å²) in [7, 11) is -1.33. The fourth-order valence-corrected chi connectivity index (χ4v) is 3.91. The molecule has 2 aromatic carbocycles. The predicted molar refractivity (Wildman–Crippen MR) is 107 cm³/mol. The Morgan fingerprint density at radius 1 is 1.21 bits per heavy atom. The van der Waals surface area contributed by atoms with Crippen molar-refractivity contribution in [1.29, 1.82) is 0 Å². The van der Waals surface area contributed by atoms with E-state index in [4.69, 9.17) is 10.4 Å². The van der Waals surface area contributed by atoms with Crippen LogP contribution in [0.5, 0.6) is 5.75 Å². The average Bonchev–Trinajstić information content (AvgIpc) is 3.09. The maximum absolute atomic E-state index is 12.7. The molecule has 2 aliphatic rings. The van der Waals surface area contributed by atoms with Gasteiger partial charge in [0.05, 0.1) is 11.5 Å². The number of aromatic carboxylic acids is 1. The van der Waals surface area contributed by atoms with Gasteiger partial charge in [-0.15, -0.1) is 0 Å². The molecule has 0 bridgehead atoms. The zero-order valence-corrected chi connectivity index (χ0v) is 15.8. The minimum absolute atomic E-state index is 0.00742. The number of hydrogen-bond donors (Lipinski definition) is 4. The highest BCUT2D eigenvalue weighted by Crippen LogP contribution is 2.30. The summed E-state index contributed by atoms with van der Waals surface area (Å²) in [6, 6.07) is 10.4. The molecule has 0 spiro atoms. The monoisotopic (exact) mass is 395 g/mol. The summed E-state index contributed by atoms with van der Waals surface area (Å²) in [5, 5.41) is 22.4. The van der Waals surface area contributed by atoms with Crippen molar-refractivity contribution in [1.82, 2.24) is 10.2 Å². The molecule has 0 radical (unpaired) electrons. The maximum atomic E-state index is 12.7. The summed E-state index contributed by atoms with van der Waals surface area (Å²) in [5.41, 5.74) is 9.04. The number of carbonyl (C=O) groups is 2. The molecule has 150 valence electrons. The number of nitrogens with two attached hydrogens (primary N) is 1. The molecular weight excluding hydrogens is 373 g/mol. The molecule has 29 heavy (non-hydrogen) atoms. The van der Waals surface area contributed by atoms with E-state index in [1.54, 1.807) is 18.2 Å². The van der Waals surface area contributed by atoms with Crippen molar-refractivity contribution in [3.63, 3.8) is 0 Å². The Kier molecular flexibility index (Phi) is 5.27. The standard InChI is InChI=1S/C20H22BN3O5/c22-6-7-24-10-14-5-4-13(8-15(14)11-24)19(25)23-17-9-12-2-1-3-16(20(26)27)18(12)29-21(17)28/h1-5,8,17,28H,6-7,9-11,22H2,(H,23,25)(H,26,27). The summed E-state index contributed by atoms with van der Waals surface area (Å²) in [4.78, 5) is 26.3. The summed E-state index contributed by atoms with van der Waals surface area (Å²) in [6.45, 7) is 2.98. The van der Waals surface area contributed by atoms with Gasteiger partial charge in [-0.3, -0.25) is 9.69 Å². The van der Waals surface area contributed by atoms with Crippen LogP contribution in [0.1, 0.15) is 37.4 Å². The highest BCUT2D eigenvalue weighted by molar-refractivity contribution is 6.47. The van der Waals surface area contributed by atoms with Crippen LogP contribution >= 0.6 is 0 Å². The Morgan fingerprint density at radius 2 is 2.00 bits per heavy atom. The summed E-state index contributed by atoms with van der Waals surface area (Å²) >= 11 is 0. The molecule has 0 aromatic heterocycles. The van der Waals surface area contributed by atoms with Crippen molar-refractivity contribution in [3.8, 4) is 5.75 Å². The van der Waals surface area contributed by atoms with Crippen molar-refractivity contribution in [3.05, 3.63) is 64.2 Å². The van der Waals surface area contributed by atoms with Gasteiger partial charge in [-0.25, -0.2) is 4.79 Å². The maximum Gasteiger partial charge on any atom is 0.547 e. The van der Waals surface area contributed by atoms with Gasteiger partial charge < -0.3 is 25.8 Å². The number of para-hydroxylation sites is 1. The van der Waals surface area contributed by atoms with E-state index in [1.165, 1.54) is 11.6 Å². The molecule has 0 saturated heterocycles. The average molecular weight is 395 g/mol. The Bertz CT molecular complexity index is 967. The van der Waals surface area contributed by atoms with Crippen LogP contribution < -0.4 is 15.7 Å². The molecular formula is C20H22BN3O5. The minimum Gasteiger partial charge on any atom is -0.534 e. The first-order valence-electron chi connectivity index (χ1n) is 9.51. The smallest absolute Gasteiger partial charge is 0.534 e. The fraction of sp³-hybridized carbons (Fsp3) is 0.300. The minimum atomic E-state index is -1.33. The fourth-order valence-electron chi connectivity index (χ4n) is 3.91. The van der Waals surface area contributed by atoms with E-state index >= 15 is 0 Å². The number of carboxylic acids is 1. The van der Waals surface area contributed by atoms with E-state index in [2.05, 4.69) is 10.2 Å². The third kappa shape index (κ3) is 3.84. The molecule has 2 aromatic rings. The lowest BCUT2D eigenvalue weighted by molar-refractivity contribution is 0.0693. The molecule has 1 amide bonds. The number of nitrogens with one attached hydrogen (secondary N) is 1. The van der Waals surface area contributed by atoms with E-state index in [9.17, 15) is 19.7 Å².